The highest BCUT2D eigenvalue weighted by Crippen LogP contribution is 2.17. The second-order valence-corrected chi connectivity index (χ2v) is 7.34. The maximum Gasteiger partial charge on any atom is 0.126 e. The SMILES string of the molecule is Cc1nc(C=S(C)(C)=O)c2c(n1)c(C)nn2C. The van der Waals surface area contributed by atoms with Crippen molar-refractivity contribution in [1.29, 1.82) is 0 Å². The van der Waals surface area contributed by atoms with Crippen molar-refractivity contribution < 1.29 is 4.21 Å². The van der Waals surface area contributed by atoms with Gasteiger partial charge in [-0.15, -0.1) is 0 Å². The van der Waals surface area contributed by atoms with Crippen LogP contribution in [0, 0.1) is 13.8 Å². The van der Waals surface area contributed by atoms with Crippen molar-refractivity contribution in [2.75, 3.05) is 12.5 Å². The molecule has 0 fully saturated rings. The summed E-state index contributed by atoms with van der Waals surface area (Å²) < 4.78 is 13.6. The Balaban J connectivity index is 2.93. The molecule has 0 aromatic carbocycles. The Morgan fingerprint density at radius 3 is 2.47 bits per heavy atom. The lowest BCUT2D eigenvalue weighted by Gasteiger charge is -2.02. The molecule has 0 unspecified atom stereocenters. The standard InChI is InChI=1S/C11H16N4OS/c1-7-10-11(15(3)14-7)9(6-17(4,5)16)12-8(2)13-10/h6H,1-5H3. The molecule has 6 heteroatoms. The summed E-state index contributed by atoms with van der Waals surface area (Å²) in [7, 11) is -0.154. The molecule has 0 aliphatic rings. The van der Waals surface area contributed by atoms with Crippen LogP contribution >= 0.6 is 0 Å². The van der Waals surface area contributed by atoms with Crippen LogP contribution in [0.1, 0.15) is 17.2 Å². The minimum atomic E-state index is -2.00. The Morgan fingerprint density at radius 1 is 1.24 bits per heavy atom. The Labute approximate surface area is 101 Å². The molecule has 0 atom stereocenters. The van der Waals surface area contributed by atoms with Gasteiger partial charge in [0.15, 0.2) is 0 Å². The van der Waals surface area contributed by atoms with Crippen molar-refractivity contribution in [2.24, 2.45) is 7.05 Å². The number of nitrogens with zero attached hydrogens (tertiary/aromatic N) is 4. The second-order valence-electron chi connectivity index (χ2n) is 4.49. The fourth-order valence-corrected chi connectivity index (χ4v) is 2.53. The van der Waals surface area contributed by atoms with Crippen molar-refractivity contribution in [1.82, 2.24) is 19.7 Å². The van der Waals surface area contributed by atoms with Crippen LogP contribution in [0.2, 0.25) is 0 Å². The van der Waals surface area contributed by atoms with Crippen molar-refractivity contribution in [2.45, 2.75) is 13.8 Å². The van der Waals surface area contributed by atoms with Crippen molar-refractivity contribution in [3.8, 4) is 0 Å². The van der Waals surface area contributed by atoms with E-state index in [9.17, 15) is 4.21 Å². The fraction of sp³-hybridized carbons (Fsp3) is 0.455. The molecule has 0 spiro atoms. The topological polar surface area (TPSA) is 60.7 Å². The molecular weight excluding hydrogens is 236 g/mol. The van der Waals surface area contributed by atoms with E-state index in [1.165, 1.54) is 0 Å². The minimum absolute atomic E-state index is 0.670. The molecule has 0 aliphatic heterocycles. The van der Waals surface area contributed by atoms with Crippen LogP contribution in [-0.2, 0) is 16.6 Å². The first-order chi connectivity index (χ1) is 7.78. The summed E-state index contributed by atoms with van der Waals surface area (Å²) in [5, 5.41) is 6.02. The number of aryl methyl sites for hydroxylation is 3. The van der Waals surface area contributed by atoms with Crippen molar-refractivity contribution in [3.05, 3.63) is 17.2 Å². The third kappa shape index (κ3) is 2.31. The number of hydrogen-bond acceptors (Lipinski definition) is 4. The first kappa shape index (κ1) is 12.0. The predicted molar refractivity (Wildman–Crippen MR) is 70.9 cm³/mol. The highest BCUT2D eigenvalue weighted by Gasteiger charge is 2.12. The van der Waals surface area contributed by atoms with E-state index < -0.39 is 9.52 Å². The first-order valence-electron chi connectivity index (χ1n) is 5.25. The molecule has 0 aliphatic carbocycles. The lowest BCUT2D eigenvalue weighted by molar-refractivity contribution is 0.688. The quantitative estimate of drug-likeness (QED) is 0.700. The molecule has 0 bridgehead atoms. The smallest absolute Gasteiger partial charge is 0.126 e. The summed E-state index contributed by atoms with van der Waals surface area (Å²) in [4.78, 5) is 8.73. The third-order valence-electron chi connectivity index (χ3n) is 2.38. The molecule has 0 amide bonds. The van der Waals surface area contributed by atoms with E-state index in [-0.39, 0.29) is 0 Å². The van der Waals surface area contributed by atoms with Crippen LogP contribution in [0.3, 0.4) is 0 Å². The van der Waals surface area contributed by atoms with Crippen LogP contribution in [0.15, 0.2) is 0 Å². The van der Waals surface area contributed by atoms with Crippen molar-refractivity contribution in [3.63, 3.8) is 0 Å². The second kappa shape index (κ2) is 3.80. The van der Waals surface area contributed by atoms with Gasteiger partial charge >= 0.3 is 0 Å². The Morgan fingerprint density at radius 2 is 1.88 bits per heavy atom. The Bertz CT molecular complexity index is 700. The van der Waals surface area contributed by atoms with E-state index in [2.05, 4.69) is 15.1 Å². The van der Waals surface area contributed by atoms with E-state index in [0.717, 1.165) is 16.7 Å². The van der Waals surface area contributed by atoms with Gasteiger partial charge < -0.3 is 0 Å². The van der Waals surface area contributed by atoms with E-state index in [4.69, 9.17) is 0 Å². The average molecular weight is 252 g/mol. The van der Waals surface area contributed by atoms with E-state index in [1.807, 2.05) is 20.9 Å². The first-order valence-corrected chi connectivity index (χ1v) is 7.68. The molecule has 2 rings (SSSR count). The Kier molecular flexibility index (Phi) is 2.69. The van der Waals surface area contributed by atoms with Crippen LogP contribution in [0.25, 0.3) is 11.0 Å². The van der Waals surface area contributed by atoms with Gasteiger partial charge in [0, 0.05) is 24.9 Å². The van der Waals surface area contributed by atoms with Crippen LogP contribution in [0.5, 0.6) is 0 Å². The lowest BCUT2D eigenvalue weighted by Crippen LogP contribution is -2.05. The fourth-order valence-electron chi connectivity index (χ4n) is 1.83. The van der Waals surface area contributed by atoms with E-state index in [1.54, 1.807) is 22.6 Å². The maximum absolute atomic E-state index is 11.9. The normalized spacial score (nSPS) is 12.1. The molecule has 2 aromatic heterocycles. The molecule has 2 aromatic rings. The lowest BCUT2D eigenvalue weighted by atomic mass is 10.3. The van der Waals surface area contributed by atoms with Crippen LogP contribution in [-0.4, -0.2) is 41.8 Å². The zero-order valence-corrected chi connectivity index (χ0v) is 11.5. The zero-order chi connectivity index (χ0) is 12.8. The highest BCUT2D eigenvalue weighted by molar-refractivity contribution is 8.00. The van der Waals surface area contributed by atoms with Crippen molar-refractivity contribution >= 4 is 25.9 Å². The summed E-state index contributed by atoms with van der Waals surface area (Å²) in [6.07, 6.45) is 3.39. The van der Waals surface area contributed by atoms with Gasteiger partial charge in [0.1, 0.15) is 22.6 Å². The summed E-state index contributed by atoms with van der Waals surface area (Å²) in [6.45, 7) is 3.74. The molecule has 0 saturated heterocycles. The van der Waals surface area contributed by atoms with Gasteiger partial charge in [-0.05, 0) is 23.4 Å². The van der Waals surface area contributed by atoms with E-state index >= 15 is 0 Å². The molecule has 17 heavy (non-hydrogen) atoms. The molecule has 2 heterocycles. The molecule has 0 N–H and O–H groups in total. The van der Waals surface area contributed by atoms with E-state index in [0.29, 0.717) is 11.5 Å². The number of aromatic nitrogens is 4. The summed E-state index contributed by atoms with van der Waals surface area (Å²) >= 11 is 0. The molecule has 0 saturated carbocycles. The minimum Gasteiger partial charge on any atom is -0.268 e. The summed E-state index contributed by atoms with van der Waals surface area (Å²) in [6, 6.07) is 0. The summed E-state index contributed by atoms with van der Waals surface area (Å²) in [5.74, 6) is 0.670. The van der Waals surface area contributed by atoms with Gasteiger partial charge in [0.25, 0.3) is 0 Å². The highest BCUT2D eigenvalue weighted by atomic mass is 32.2. The molecular formula is C11H16N4OS. The van der Waals surface area contributed by atoms with Gasteiger partial charge in [-0.3, -0.25) is 8.89 Å². The van der Waals surface area contributed by atoms with Gasteiger partial charge in [0.2, 0.25) is 0 Å². The largest absolute Gasteiger partial charge is 0.268 e. The van der Waals surface area contributed by atoms with Gasteiger partial charge in [-0.25, -0.2) is 9.97 Å². The molecule has 92 valence electrons. The zero-order valence-electron chi connectivity index (χ0n) is 10.7. The monoisotopic (exact) mass is 252 g/mol. The van der Waals surface area contributed by atoms with Crippen LogP contribution < -0.4 is 0 Å². The van der Waals surface area contributed by atoms with Crippen LogP contribution in [0.4, 0.5) is 0 Å². The van der Waals surface area contributed by atoms with Gasteiger partial charge in [0.05, 0.1) is 5.69 Å². The summed E-state index contributed by atoms with van der Waals surface area (Å²) in [5.41, 5.74) is 3.23. The third-order valence-corrected chi connectivity index (χ3v) is 3.18. The Hall–Kier alpha value is -1.43. The number of hydrogen-bond donors (Lipinski definition) is 0. The van der Waals surface area contributed by atoms with Gasteiger partial charge in [-0.1, -0.05) is 0 Å². The average Bonchev–Trinajstić information content (AvgIpc) is 2.39. The number of rotatable bonds is 1. The van der Waals surface area contributed by atoms with Gasteiger partial charge in [-0.2, -0.15) is 5.10 Å². The number of fused-ring (bicyclic) bond motifs is 1. The predicted octanol–water partition coefficient (Wildman–Crippen LogP) is 0.674. The maximum atomic E-state index is 11.9. The molecule has 5 nitrogen and oxygen atoms in total. The molecule has 0 radical (unpaired) electrons.